The summed E-state index contributed by atoms with van der Waals surface area (Å²) >= 11 is 2.99. The number of hydrogen-bond acceptors (Lipinski definition) is 8. The van der Waals surface area contributed by atoms with Gasteiger partial charge in [-0.05, 0) is 11.4 Å². The number of carbonyl (C=O) groups is 1. The van der Waals surface area contributed by atoms with Gasteiger partial charge in [-0.15, -0.1) is 22.7 Å². The third-order valence-corrected chi connectivity index (χ3v) is 6.54. The van der Waals surface area contributed by atoms with Crippen LogP contribution in [0.2, 0.25) is 0 Å². The lowest BCUT2D eigenvalue weighted by Gasteiger charge is -2.34. The maximum absolute atomic E-state index is 12.7. The topological polar surface area (TPSA) is 84.0 Å². The van der Waals surface area contributed by atoms with Gasteiger partial charge in [-0.1, -0.05) is 11.2 Å². The van der Waals surface area contributed by atoms with E-state index in [1.54, 1.807) is 39.0 Å². The lowest BCUT2D eigenvalue weighted by Crippen LogP contribution is -2.48. The van der Waals surface area contributed by atoms with Crippen LogP contribution >= 0.6 is 22.7 Å². The van der Waals surface area contributed by atoms with Crippen LogP contribution in [-0.4, -0.2) is 56.4 Å². The monoisotopic (exact) mass is 427 g/mol. The zero-order valence-corrected chi connectivity index (χ0v) is 17.0. The highest BCUT2D eigenvalue weighted by molar-refractivity contribution is 7.15. The number of amides is 1. The largest absolute Gasteiger partial charge is 0.355 e. The lowest BCUT2D eigenvalue weighted by molar-refractivity contribution is 0.0617. The molecule has 0 radical (unpaired) electrons. The highest BCUT2D eigenvalue weighted by Crippen LogP contribution is 2.25. The fourth-order valence-electron chi connectivity index (χ4n) is 3.38. The quantitative estimate of drug-likeness (QED) is 0.497. The van der Waals surface area contributed by atoms with Crippen molar-refractivity contribution in [2.75, 3.05) is 26.2 Å². The van der Waals surface area contributed by atoms with Crippen molar-refractivity contribution < 1.29 is 9.32 Å². The van der Waals surface area contributed by atoms with Crippen molar-refractivity contribution in [1.29, 1.82) is 0 Å². The normalized spacial score (nSPS) is 15.2. The van der Waals surface area contributed by atoms with Crippen LogP contribution in [-0.2, 0) is 6.54 Å². The summed E-state index contributed by atoms with van der Waals surface area (Å²) in [6.07, 6.45) is 1.73. The van der Waals surface area contributed by atoms with Gasteiger partial charge in [-0.2, -0.15) is 0 Å². The van der Waals surface area contributed by atoms with Gasteiger partial charge in [0.05, 0.1) is 10.6 Å². The molecule has 8 nitrogen and oxygen atoms in total. The summed E-state index contributed by atoms with van der Waals surface area (Å²) in [6.45, 7) is 3.22. The fraction of sp³-hybridized carbons (Fsp3) is 0.263. The highest BCUT2D eigenvalue weighted by Gasteiger charge is 2.25. The van der Waals surface area contributed by atoms with Crippen molar-refractivity contribution in [2.45, 2.75) is 6.54 Å². The summed E-state index contributed by atoms with van der Waals surface area (Å²) in [4.78, 5) is 35.1. The highest BCUT2D eigenvalue weighted by atomic mass is 32.1. The van der Waals surface area contributed by atoms with E-state index < -0.39 is 0 Å². The number of piperazine rings is 1. The molecule has 5 heterocycles. The van der Waals surface area contributed by atoms with Gasteiger partial charge in [-0.25, -0.2) is 4.98 Å². The van der Waals surface area contributed by atoms with E-state index in [0.717, 1.165) is 10.6 Å². The van der Waals surface area contributed by atoms with Crippen molar-refractivity contribution in [2.24, 2.45) is 0 Å². The molecule has 0 N–H and O–H groups in total. The molecule has 4 aromatic heterocycles. The summed E-state index contributed by atoms with van der Waals surface area (Å²) in [6, 6.07) is 7.15. The molecule has 1 fully saturated rings. The molecule has 1 aliphatic rings. The van der Waals surface area contributed by atoms with Gasteiger partial charge in [-0.3, -0.25) is 18.9 Å². The zero-order valence-electron chi connectivity index (χ0n) is 15.4. The molecule has 0 bridgehead atoms. The Balaban J connectivity index is 1.22. The summed E-state index contributed by atoms with van der Waals surface area (Å²) in [7, 11) is 0. The molecule has 29 heavy (non-hydrogen) atoms. The maximum Gasteiger partial charge on any atom is 0.276 e. The Kier molecular flexibility index (Phi) is 4.74. The number of aromatic nitrogens is 3. The molecule has 1 saturated heterocycles. The number of thiazole rings is 1. The number of rotatable bonds is 4. The predicted molar refractivity (Wildman–Crippen MR) is 110 cm³/mol. The molecule has 0 aliphatic carbocycles. The average Bonchev–Trinajstić information content (AvgIpc) is 3.48. The van der Waals surface area contributed by atoms with E-state index in [1.807, 2.05) is 22.9 Å². The molecule has 148 valence electrons. The second-order valence-electron chi connectivity index (χ2n) is 6.76. The summed E-state index contributed by atoms with van der Waals surface area (Å²) in [5.74, 6) is 0.496. The van der Waals surface area contributed by atoms with Gasteiger partial charge in [0, 0.05) is 56.4 Å². The van der Waals surface area contributed by atoms with E-state index in [9.17, 15) is 9.59 Å². The molecule has 0 spiro atoms. The molecule has 0 unspecified atom stereocenters. The van der Waals surface area contributed by atoms with Crippen LogP contribution in [0.5, 0.6) is 0 Å². The Hall–Kier alpha value is -2.82. The third kappa shape index (κ3) is 3.61. The average molecular weight is 428 g/mol. The van der Waals surface area contributed by atoms with Gasteiger partial charge in [0.25, 0.3) is 11.5 Å². The van der Waals surface area contributed by atoms with Gasteiger partial charge in [0.15, 0.2) is 16.4 Å². The molecule has 4 aromatic rings. The second-order valence-corrected chi connectivity index (χ2v) is 8.58. The maximum atomic E-state index is 12.7. The molecule has 1 aliphatic heterocycles. The Morgan fingerprint density at radius 3 is 2.79 bits per heavy atom. The van der Waals surface area contributed by atoms with Crippen molar-refractivity contribution >= 4 is 33.5 Å². The van der Waals surface area contributed by atoms with Crippen molar-refractivity contribution in [1.82, 2.24) is 24.3 Å². The van der Waals surface area contributed by atoms with Crippen LogP contribution in [0.4, 0.5) is 0 Å². The minimum Gasteiger partial charge on any atom is -0.355 e. The molecule has 1 amide bonds. The van der Waals surface area contributed by atoms with E-state index in [1.165, 1.54) is 11.3 Å². The van der Waals surface area contributed by atoms with Crippen molar-refractivity contribution in [3.63, 3.8) is 0 Å². The molecule has 0 atom stereocenters. The van der Waals surface area contributed by atoms with E-state index in [4.69, 9.17) is 4.52 Å². The second kappa shape index (κ2) is 7.54. The summed E-state index contributed by atoms with van der Waals surface area (Å²) in [5, 5.41) is 7.76. The molecule has 0 aromatic carbocycles. The van der Waals surface area contributed by atoms with Gasteiger partial charge >= 0.3 is 0 Å². The minimum atomic E-state index is -0.118. The minimum absolute atomic E-state index is 0.0624. The molecular weight excluding hydrogens is 410 g/mol. The van der Waals surface area contributed by atoms with E-state index in [0.29, 0.717) is 49.1 Å². The predicted octanol–water partition coefficient (Wildman–Crippen LogP) is 2.43. The van der Waals surface area contributed by atoms with Crippen LogP contribution in [0.25, 0.3) is 15.6 Å². The Bertz CT molecular complexity index is 1200. The van der Waals surface area contributed by atoms with Crippen LogP contribution in [0.3, 0.4) is 0 Å². The smallest absolute Gasteiger partial charge is 0.276 e. The van der Waals surface area contributed by atoms with Crippen LogP contribution in [0, 0.1) is 0 Å². The first-order chi connectivity index (χ1) is 14.2. The van der Waals surface area contributed by atoms with Crippen LogP contribution in [0.1, 0.15) is 16.2 Å². The Labute approximate surface area is 173 Å². The van der Waals surface area contributed by atoms with Gasteiger partial charge in [0.1, 0.15) is 0 Å². The first-order valence-corrected chi connectivity index (χ1v) is 10.9. The molecular formula is C19H17N5O3S2. The standard InChI is InChI=1S/C19H17N5O3S2/c25-17-10-13(20-19-24(17)7-9-29-19)12-22-3-5-23(6-4-22)18(26)14-11-15(27-21-14)16-2-1-8-28-16/h1-2,7-11H,3-6,12H2. The summed E-state index contributed by atoms with van der Waals surface area (Å²) in [5.41, 5.74) is 1.03. The van der Waals surface area contributed by atoms with Gasteiger partial charge < -0.3 is 9.42 Å². The van der Waals surface area contributed by atoms with Crippen LogP contribution in [0.15, 0.2) is 50.5 Å². The molecule has 10 heteroatoms. The first kappa shape index (κ1) is 18.2. The van der Waals surface area contributed by atoms with Crippen LogP contribution < -0.4 is 5.56 Å². The number of fused-ring (bicyclic) bond motifs is 1. The third-order valence-electron chi connectivity index (χ3n) is 4.89. The van der Waals surface area contributed by atoms with Gasteiger partial charge in [0.2, 0.25) is 0 Å². The number of thiophene rings is 1. The Morgan fingerprint density at radius 1 is 1.14 bits per heavy atom. The number of hydrogen-bond donors (Lipinski definition) is 0. The molecule has 5 rings (SSSR count). The zero-order chi connectivity index (χ0) is 19.8. The van der Waals surface area contributed by atoms with Crippen molar-refractivity contribution in [3.05, 3.63) is 63.0 Å². The first-order valence-electron chi connectivity index (χ1n) is 9.15. The number of nitrogens with zero attached hydrogens (tertiary/aromatic N) is 5. The SMILES string of the molecule is O=C(c1cc(-c2cccs2)on1)N1CCN(Cc2cc(=O)n3ccsc3n2)CC1. The lowest BCUT2D eigenvalue weighted by atomic mass is 10.2. The fourth-order valence-corrected chi connectivity index (χ4v) is 4.79. The van der Waals surface area contributed by atoms with E-state index >= 15 is 0 Å². The summed E-state index contributed by atoms with van der Waals surface area (Å²) < 4.78 is 6.87. The molecule has 0 saturated carbocycles. The number of carbonyl (C=O) groups excluding carboxylic acids is 1. The Morgan fingerprint density at radius 2 is 2.00 bits per heavy atom. The van der Waals surface area contributed by atoms with E-state index in [-0.39, 0.29) is 11.5 Å². The van der Waals surface area contributed by atoms with Crippen molar-refractivity contribution in [3.8, 4) is 10.6 Å². The van der Waals surface area contributed by atoms with E-state index in [2.05, 4.69) is 15.0 Å².